The first kappa shape index (κ1) is 22.9. The highest BCUT2D eigenvalue weighted by Gasteiger charge is 2.21. The number of allylic oxidation sites excluding steroid dienone is 1. The normalized spacial score (nSPS) is 15.5. The van der Waals surface area contributed by atoms with E-state index < -0.39 is 19.2 Å². The quantitative estimate of drug-likeness (QED) is 0.506. The lowest BCUT2D eigenvalue weighted by atomic mass is 10.2. The average Bonchev–Trinajstić information content (AvgIpc) is 3.46. The molecule has 1 fully saturated rings. The Labute approximate surface area is 190 Å². The van der Waals surface area contributed by atoms with Gasteiger partial charge in [0, 0.05) is 37.2 Å². The highest BCUT2D eigenvalue weighted by Crippen LogP contribution is 2.24. The largest absolute Gasteiger partial charge is 0.474 e. The van der Waals surface area contributed by atoms with Crippen LogP contribution >= 0.6 is 0 Å². The number of alkyl halides is 3. The molecule has 1 aliphatic heterocycles. The number of rotatable bonds is 9. The maximum Gasteiger partial charge on any atom is 0.272 e. The average molecular weight is 461 g/mol. The van der Waals surface area contributed by atoms with Crippen LogP contribution in [0.3, 0.4) is 0 Å². The van der Waals surface area contributed by atoms with Gasteiger partial charge in [0.15, 0.2) is 6.17 Å². The molecule has 7 nitrogen and oxygen atoms in total. The molecular formula is C23H27F3N6O. The van der Waals surface area contributed by atoms with Crippen molar-refractivity contribution in [1.29, 1.82) is 0 Å². The molecule has 0 spiro atoms. The van der Waals surface area contributed by atoms with Gasteiger partial charge in [-0.25, -0.2) is 23.1 Å². The van der Waals surface area contributed by atoms with Gasteiger partial charge in [-0.05, 0) is 50.5 Å². The van der Waals surface area contributed by atoms with E-state index in [4.69, 9.17) is 4.74 Å². The van der Waals surface area contributed by atoms with Gasteiger partial charge in [-0.2, -0.15) is 5.10 Å². The summed E-state index contributed by atoms with van der Waals surface area (Å²) >= 11 is 0. The van der Waals surface area contributed by atoms with E-state index in [0.717, 1.165) is 41.2 Å². The summed E-state index contributed by atoms with van der Waals surface area (Å²) in [4.78, 5) is 11.0. The number of hydrogen-bond donors (Lipinski definition) is 1. The van der Waals surface area contributed by atoms with E-state index in [2.05, 4.69) is 31.4 Å². The maximum atomic E-state index is 13.1. The van der Waals surface area contributed by atoms with Crippen LogP contribution in [-0.4, -0.2) is 56.9 Å². The molecule has 0 aromatic carbocycles. The van der Waals surface area contributed by atoms with Crippen molar-refractivity contribution in [2.75, 3.05) is 25.0 Å². The van der Waals surface area contributed by atoms with Crippen molar-refractivity contribution < 1.29 is 17.9 Å². The Morgan fingerprint density at radius 3 is 2.73 bits per heavy atom. The van der Waals surface area contributed by atoms with E-state index in [0.29, 0.717) is 12.1 Å². The van der Waals surface area contributed by atoms with Crippen molar-refractivity contribution in [2.24, 2.45) is 0 Å². The fourth-order valence-electron chi connectivity index (χ4n) is 3.86. The molecule has 3 aromatic rings. The van der Waals surface area contributed by atoms with Crippen molar-refractivity contribution in [1.82, 2.24) is 24.6 Å². The molecule has 3 aromatic heterocycles. The van der Waals surface area contributed by atoms with E-state index >= 15 is 0 Å². The van der Waals surface area contributed by atoms with Crippen LogP contribution in [0.2, 0.25) is 0 Å². The van der Waals surface area contributed by atoms with Gasteiger partial charge < -0.3 is 15.0 Å². The fourth-order valence-corrected chi connectivity index (χ4v) is 3.86. The van der Waals surface area contributed by atoms with Crippen molar-refractivity contribution >= 4 is 16.7 Å². The second-order valence-electron chi connectivity index (χ2n) is 8.04. The summed E-state index contributed by atoms with van der Waals surface area (Å²) in [6.07, 6.45) is 4.25. The van der Waals surface area contributed by atoms with Gasteiger partial charge in [0.1, 0.15) is 18.2 Å². The van der Waals surface area contributed by atoms with Crippen LogP contribution in [0.25, 0.3) is 10.9 Å². The van der Waals surface area contributed by atoms with Crippen LogP contribution in [0.1, 0.15) is 30.9 Å². The molecule has 176 valence electrons. The summed E-state index contributed by atoms with van der Waals surface area (Å²) in [5.41, 5.74) is 2.31. The van der Waals surface area contributed by atoms with Gasteiger partial charge in [-0.3, -0.25) is 4.68 Å². The molecule has 33 heavy (non-hydrogen) atoms. The first-order valence-electron chi connectivity index (χ1n) is 11.0. The zero-order chi connectivity index (χ0) is 23.4. The summed E-state index contributed by atoms with van der Waals surface area (Å²) in [5, 5.41) is 8.99. The van der Waals surface area contributed by atoms with Crippen LogP contribution in [-0.2, 0) is 6.54 Å². The lowest BCUT2D eigenvalue weighted by molar-refractivity contribution is 0.0220. The number of aryl methyl sites for hydroxylation is 1. The van der Waals surface area contributed by atoms with Crippen LogP contribution in [0, 0.1) is 6.92 Å². The third-order valence-electron chi connectivity index (χ3n) is 5.53. The molecular weight excluding hydrogens is 433 g/mol. The number of anilines is 1. The number of fused-ring (bicyclic) bond motifs is 1. The molecule has 1 atom stereocenters. The lowest BCUT2D eigenvalue weighted by Gasteiger charge is -2.22. The fraction of sp³-hybridized carbons (Fsp3) is 0.435. The molecule has 0 radical (unpaired) electrons. The first-order chi connectivity index (χ1) is 15.9. The molecule has 0 aliphatic carbocycles. The van der Waals surface area contributed by atoms with Crippen LogP contribution in [0.5, 0.6) is 5.88 Å². The molecule has 1 unspecified atom stereocenters. The van der Waals surface area contributed by atoms with E-state index in [1.807, 2.05) is 25.3 Å². The monoisotopic (exact) mass is 460 g/mol. The third-order valence-corrected chi connectivity index (χ3v) is 5.53. The number of aromatic nitrogens is 4. The summed E-state index contributed by atoms with van der Waals surface area (Å²) in [5.74, 6) is 1.93. The van der Waals surface area contributed by atoms with Crippen LogP contribution in [0.15, 0.2) is 42.6 Å². The summed E-state index contributed by atoms with van der Waals surface area (Å²) in [7, 11) is 0. The minimum absolute atomic E-state index is 0.143. The lowest BCUT2D eigenvalue weighted by Crippen LogP contribution is -2.24. The second kappa shape index (κ2) is 10.1. The third kappa shape index (κ3) is 5.37. The van der Waals surface area contributed by atoms with E-state index in [1.165, 1.54) is 12.8 Å². The standard InChI is InChI=1S/C23H27F3N6O/c1-3-20(31-8-4-5-9-31)29-22-17-13-32(30-19(17)6-7-27-22)12-16-10-15(2)23(28-11-16)33-14-18(24)21(25)26/h3,6-7,10-11,13,18,21H,4-5,8-9,12,14H2,1-2H3,(H,27,29)/b20-3-. The van der Waals surface area contributed by atoms with Gasteiger partial charge in [-0.15, -0.1) is 0 Å². The van der Waals surface area contributed by atoms with E-state index in [-0.39, 0.29) is 5.88 Å². The van der Waals surface area contributed by atoms with Crippen molar-refractivity contribution in [2.45, 2.75) is 45.8 Å². The van der Waals surface area contributed by atoms with Gasteiger partial charge in [0.05, 0.1) is 17.4 Å². The van der Waals surface area contributed by atoms with Gasteiger partial charge in [0.25, 0.3) is 6.43 Å². The number of hydrogen-bond acceptors (Lipinski definition) is 6. The highest BCUT2D eigenvalue weighted by molar-refractivity contribution is 5.89. The zero-order valence-corrected chi connectivity index (χ0v) is 18.6. The predicted octanol–water partition coefficient (Wildman–Crippen LogP) is 4.53. The van der Waals surface area contributed by atoms with Crippen molar-refractivity contribution in [3.8, 4) is 5.88 Å². The highest BCUT2D eigenvalue weighted by atomic mass is 19.3. The SMILES string of the molecule is C/C=C(/Nc1nccc2nn(Cc3cnc(OCC(F)C(F)F)c(C)c3)cc12)N1CCCC1. The smallest absolute Gasteiger partial charge is 0.272 e. The van der Waals surface area contributed by atoms with Gasteiger partial charge in [0.2, 0.25) is 5.88 Å². The Balaban J connectivity index is 1.48. The van der Waals surface area contributed by atoms with Crippen molar-refractivity contribution in [3.63, 3.8) is 0 Å². The molecule has 4 rings (SSSR count). The molecule has 0 bridgehead atoms. The van der Waals surface area contributed by atoms with E-state index in [1.54, 1.807) is 24.0 Å². The van der Waals surface area contributed by atoms with E-state index in [9.17, 15) is 13.2 Å². The molecule has 1 N–H and O–H groups in total. The minimum Gasteiger partial charge on any atom is -0.474 e. The molecule has 0 amide bonds. The number of nitrogens with one attached hydrogen (secondary N) is 1. The predicted molar refractivity (Wildman–Crippen MR) is 120 cm³/mol. The number of nitrogens with zero attached hydrogens (tertiary/aromatic N) is 5. The van der Waals surface area contributed by atoms with Gasteiger partial charge >= 0.3 is 0 Å². The second-order valence-corrected chi connectivity index (χ2v) is 8.04. The molecule has 1 saturated heterocycles. The summed E-state index contributed by atoms with van der Waals surface area (Å²) in [6.45, 7) is 5.53. The minimum atomic E-state index is -3.08. The number of likely N-dealkylation sites (tertiary alicyclic amines) is 1. The van der Waals surface area contributed by atoms with Crippen molar-refractivity contribution in [3.05, 3.63) is 53.7 Å². The van der Waals surface area contributed by atoms with Crippen LogP contribution < -0.4 is 10.1 Å². The maximum absolute atomic E-state index is 13.1. The molecule has 0 saturated carbocycles. The number of pyridine rings is 2. The summed E-state index contributed by atoms with van der Waals surface area (Å²) in [6, 6.07) is 3.69. The Morgan fingerprint density at radius 1 is 1.24 bits per heavy atom. The molecule has 4 heterocycles. The number of ether oxygens (including phenoxy) is 1. The Hall–Kier alpha value is -3.30. The molecule has 10 heteroatoms. The molecule has 1 aliphatic rings. The zero-order valence-electron chi connectivity index (χ0n) is 18.6. The topological polar surface area (TPSA) is 68.1 Å². The number of halogens is 3. The Bertz CT molecular complexity index is 1130. The van der Waals surface area contributed by atoms with Gasteiger partial charge in [-0.1, -0.05) is 0 Å². The Kier molecular flexibility index (Phi) is 7.00. The summed E-state index contributed by atoms with van der Waals surface area (Å²) < 4.78 is 44.7. The first-order valence-corrected chi connectivity index (χ1v) is 11.0. The Morgan fingerprint density at radius 2 is 2.03 bits per heavy atom. The van der Waals surface area contributed by atoms with Crippen LogP contribution in [0.4, 0.5) is 19.0 Å².